The van der Waals surface area contributed by atoms with E-state index in [1.807, 2.05) is 22.2 Å². The van der Waals surface area contributed by atoms with Crippen LogP contribution in [0.1, 0.15) is 18.5 Å². The molecule has 7 heteroatoms. The maximum Gasteiger partial charge on any atom is 0.241 e. The summed E-state index contributed by atoms with van der Waals surface area (Å²) in [5, 5.41) is 9.56. The molecular formula is C15H17N3O2S2. The van der Waals surface area contributed by atoms with Crippen molar-refractivity contribution in [1.82, 2.24) is 15.2 Å². The largest absolute Gasteiger partial charge is 0.347 e. The molecule has 1 aliphatic heterocycles. The number of carbonyl (C=O) groups excluding carboxylic acids is 2. The van der Waals surface area contributed by atoms with E-state index in [9.17, 15) is 9.59 Å². The molecule has 0 bridgehead atoms. The SMILES string of the molecule is O=C(Cc1csc(-c2ccsc2)n1)NCC(=O)N1CCCC1. The van der Waals surface area contributed by atoms with Crippen molar-refractivity contribution < 1.29 is 9.59 Å². The Hall–Kier alpha value is -1.73. The quantitative estimate of drug-likeness (QED) is 0.911. The fourth-order valence-electron chi connectivity index (χ4n) is 2.39. The van der Waals surface area contributed by atoms with Crippen molar-refractivity contribution >= 4 is 34.5 Å². The van der Waals surface area contributed by atoms with Crippen LogP contribution in [0.15, 0.2) is 22.2 Å². The molecule has 0 aromatic carbocycles. The second-order valence-corrected chi connectivity index (χ2v) is 6.84. The maximum absolute atomic E-state index is 11.9. The molecule has 1 aliphatic rings. The molecule has 1 fully saturated rings. The average molecular weight is 335 g/mol. The first-order valence-electron chi connectivity index (χ1n) is 7.24. The molecular weight excluding hydrogens is 318 g/mol. The Morgan fingerprint density at radius 1 is 1.27 bits per heavy atom. The molecule has 1 N–H and O–H groups in total. The molecule has 116 valence electrons. The zero-order valence-corrected chi connectivity index (χ0v) is 13.7. The first-order valence-corrected chi connectivity index (χ1v) is 9.06. The Morgan fingerprint density at radius 2 is 2.09 bits per heavy atom. The van der Waals surface area contributed by atoms with Crippen LogP contribution >= 0.6 is 22.7 Å². The van der Waals surface area contributed by atoms with Gasteiger partial charge >= 0.3 is 0 Å². The van der Waals surface area contributed by atoms with Crippen LogP contribution in [0.2, 0.25) is 0 Å². The number of carbonyl (C=O) groups is 2. The number of amides is 2. The highest BCUT2D eigenvalue weighted by Crippen LogP contribution is 2.25. The van der Waals surface area contributed by atoms with Gasteiger partial charge in [0, 0.05) is 29.4 Å². The van der Waals surface area contributed by atoms with Gasteiger partial charge in [-0.3, -0.25) is 9.59 Å². The predicted octanol–water partition coefficient (Wildman–Crippen LogP) is 2.15. The molecule has 2 amide bonds. The van der Waals surface area contributed by atoms with Crippen molar-refractivity contribution in [3.8, 4) is 10.6 Å². The number of likely N-dealkylation sites (tertiary alicyclic amines) is 1. The van der Waals surface area contributed by atoms with Gasteiger partial charge in [-0.25, -0.2) is 4.98 Å². The molecule has 0 aliphatic carbocycles. The number of hydrogen-bond donors (Lipinski definition) is 1. The number of rotatable bonds is 5. The van der Waals surface area contributed by atoms with Crippen LogP contribution in [-0.2, 0) is 16.0 Å². The minimum absolute atomic E-state index is 0.00286. The summed E-state index contributed by atoms with van der Waals surface area (Å²) in [6, 6.07) is 2.02. The summed E-state index contributed by atoms with van der Waals surface area (Å²) >= 11 is 3.16. The Morgan fingerprint density at radius 3 is 2.82 bits per heavy atom. The van der Waals surface area contributed by atoms with Gasteiger partial charge in [0.25, 0.3) is 0 Å². The normalized spacial score (nSPS) is 14.3. The summed E-state index contributed by atoms with van der Waals surface area (Å²) < 4.78 is 0. The van der Waals surface area contributed by atoms with E-state index in [1.54, 1.807) is 16.2 Å². The van der Waals surface area contributed by atoms with Crippen molar-refractivity contribution in [1.29, 1.82) is 0 Å². The second kappa shape index (κ2) is 7.02. The van der Waals surface area contributed by atoms with Crippen LogP contribution in [-0.4, -0.2) is 41.3 Å². The van der Waals surface area contributed by atoms with Crippen molar-refractivity contribution in [2.24, 2.45) is 0 Å². The molecule has 2 aromatic rings. The molecule has 0 spiro atoms. The molecule has 5 nitrogen and oxygen atoms in total. The molecule has 0 unspecified atom stereocenters. The number of hydrogen-bond acceptors (Lipinski definition) is 5. The van der Waals surface area contributed by atoms with Crippen LogP contribution < -0.4 is 5.32 Å². The monoisotopic (exact) mass is 335 g/mol. The first kappa shape index (κ1) is 15.2. The molecule has 1 saturated heterocycles. The van der Waals surface area contributed by atoms with Gasteiger partial charge in [-0.05, 0) is 24.3 Å². The third-order valence-electron chi connectivity index (χ3n) is 3.56. The van der Waals surface area contributed by atoms with Gasteiger partial charge in [0.05, 0.1) is 18.7 Å². The fourth-order valence-corrected chi connectivity index (χ4v) is 3.92. The topological polar surface area (TPSA) is 62.3 Å². The molecule has 0 saturated carbocycles. The van der Waals surface area contributed by atoms with Crippen LogP contribution in [0.25, 0.3) is 10.6 Å². The number of aromatic nitrogens is 1. The summed E-state index contributed by atoms with van der Waals surface area (Å²) in [6.45, 7) is 1.70. The zero-order valence-electron chi connectivity index (χ0n) is 12.1. The zero-order chi connectivity index (χ0) is 15.4. The number of nitrogens with zero attached hydrogens (tertiary/aromatic N) is 2. The number of nitrogens with one attached hydrogen (secondary N) is 1. The van der Waals surface area contributed by atoms with E-state index in [2.05, 4.69) is 10.3 Å². The van der Waals surface area contributed by atoms with Gasteiger partial charge < -0.3 is 10.2 Å². The second-order valence-electron chi connectivity index (χ2n) is 5.20. The minimum Gasteiger partial charge on any atom is -0.347 e. The van der Waals surface area contributed by atoms with Crippen LogP contribution in [0.3, 0.4) is 0 Å². The summed E-state index contributed by atoms with van der Waals surface area (Å²) in [5.74, 6) is -0.155. The molecule has 2 aromatic heterocycles. The van der Waals surface area contributed by atoms with Gasteiger partial charge in [0.15, 0.2) is 0 Å². The minimum atomic E-state index is -0.158. The molecule has 3 heterocycles. The Kier molecular flexibility index (Phi) is 4.84. The van der Waals surface area contributed by atoms with Crippen LogP contribution in [0.4, 0.5) is 0 Å². The van der Waals surface area contributed by atoms with Crippen molar-refractivity contribution in [3.05, 3.63) is 27.9 Å². The van der Waals surface area contributed by atoms with E-state index >= 15 is 0 Å². The first-order chi connectivity index (χ1) is 10.7. The molecule has 22 heavy (non-hydrogen) atoms. The lowest BCUT2D eigenvalue weighted by Gasteiger charge is -2.15. The van der Waals surface area contributed by atoms with E-state index in [-0.39, 0.29) is 24.8 Å². The Balaban J connectivity index is 1.48. The molecule has 0 atom stereocenters. The van der Waals surface area contributed by atoms with Crippen molar-refractivity contribution in [3.63, 3.8) is 0 Å². The van der Waals surface area contributed by atoms with Crippen molar-refractivity contribution in [2.45, 2.75) is 19.3 Å². The standard InChI is InChI=1S/C15H17N3O2S2/c19-13(16-8-14(20)18-4-1-2-5-18)7-12-10-22-15(17-12)11-3-6-21-9-11/h3,6,9-10H,1-2,4-5,7-8H2,(H,16,19). The van der Waals surface area contributed by atoms with E-state index in [1.165, 1.54) is 11.3 Å². The highest BCUT2D eigenvalue weighted by molar-refractivity contribution is 7.14. The Bertz CT molecular complexity index is 646. The third kappa shape index (κ3) is 3.72. The average Bonchev–Trinajstić information content (AvgIpc) is 3.23. The summed E-state index contributed by atoms with van der Waals surface area (Å²) in [5.41, 5.74) is 1.84. The number of thiophene rings is 1. The lowest BCUT2D eigenvalue weighted by molar-refractivity contribution is -0.131. The summed E-state index contributed by atoms with van der Waals surface area (Å²) in [7, 11) is 0. The van der Waals surface area contributed by atoms with E-state index in [4.69, 9.17) is 0 Å². The smallest absolute Gasteiger partial charge is 0.241 e. The summed E-state index contributed by atoms with van der Waals surface area (Å²) in [4.78, 5) is 30.0. The predicted molar refractivity (Wildman–Crippen MR) is 88.0 cm³/mol. The number of thiazole rings is 1. The van der Waals surface area contributed by atoms with Crippen LogP contribution in [0, 0.1) is 0 Å². The van der Waals surface area contributed by atoms with Gasteiger partial charge in [0.2, 0.25) is 11.8 Å². The lowest BCUT2D eigenvalue weighted by Crippen LogP contribution is -2.39. The van der Waals surface area contributed by atoms with E-state index in [0.717, 1.165) is 42.2 Å². The van der Waals surface area contributed by atoms with Crippen LogP contribution in [0.5, 0.6) is 0 Å². The van der Waals surface area contributed by atoms with E-state index in [0.29, 0.717) is 0 Å². The highest BCUT2D eigenvalue weighted by Gasteiger charge is 2.18. The van der Waals surface area contributed by atoms with Gasteiger partial charge in [-0.15, -0.1) is 11.3 Å². The Labute approximate surface area is 137 Å². The summed E-state index contributed by atoms with van der Waals surface area (Å²) in [6.07, 6.45) is 2.33. The van der Waals surface area contributed by atoms with Gasteiger partial charge in [0.1, 0.15) is 5.01 Å². The fraction of sp³-hybridized carbons (Fsp3) is 0.400. The lowest BCUT2D eigenvalue weighted by atomic mass is 10.3. The molecule has 3 rings (SSSR count). The van der Waals surface area contributed by atoms with Gasteiger partial charge in [-0.1, -0.05) is 0 Å². The van der Waals surface area contributed by atoms with Crippen molar-refractivity contribution in [2.75, 3.05) is 19.6 Å². The maximum atomic E-state index is 11.9. The van der Waals surface area contributed by atoms with E-state index < -0.39 is 0 Å². The molecule has 0 radical (unpaired) electrons. The highest BCUT2D eigenvalue weighted by atomic mass is 32.1. The third-order valence-corrected chi connectivity index (χ3v) is 5.18. The van der Waals surface area contributed by atoms with Gasteiger partial charge in [-0.2, -0.15) is 11.3 Å².